The van der Waals surface area contributed by atoms with Crippen LogP contribution in [0.25, 0.3) is 0 Å². The Bertz CT molecular complexity index is 459. The van der Waals surface area contributed by atoms with Gasteiger partial charge in [-0.15, -0.1) is 0 Å². The number of hydrogen-bond acceptors (Lipinski definition) is 4. The molecule has 128 valence electrons. The first-order valence-corrected chi connectivity index (χ1v) is 8.50. The molecule has 23 heavy (non-hydrogen) atoms. The van der Waals surface area contributed by atoms with Gasteiger partial charge in [-0.25, -0.2) is 0 Å². The second kappa shape index (κ2) is 9.65. The minimum Gasteiger partial charge on any atom is -0.379 e. The van der Waals surface area contributed by atoms with Gasteiger partial charge in [-0.3, -0.25) is 9.69 Å². The number of carbonyl (C=O) groups is 1. The lowest BCUT2D eigenvalue weighted by Crippen LogP contribution is -2.44. The molecule has 1 atom stereocenters. The van der Waals surface area contributed by atoms with Crippen molar-refractivity contribution < 1.29 is 9.53 Å². The first kappa shape index (κ1) is 17.9. The summed E-state index contributed by atoms with van der Waals surface area (Å²) in [5.41, 5.74) is 1.22. The summed E-state index contributed by atoms with van der Waals surface area (Å²) in [6, 6.07) is 10.5. The van der Waals surface area contributed by atoms with Crippen molar-refractivity contribution in [3.8, 4) is 0 Å². The van der Waals surface area contributed by atoms with Gasteiger partial charge in [0.1, 0.15) is 0 Å². The number of rotatable bonds is 8. The zero-order valence-electron chi connectivity index (χ0n) is 14.3. The molecule has 0 bridgehead atoms. The highest BCUT2D eigenvalue weighted by Crippen LogP contribution is 2.14. The molecule has 1 aliphatic rings. The topological polar surface area (TPSA) is 53.6 Å². The SMILES string of the molecule is CC(C)CNC(=O)CN[C@@H](CN1CCOCC1)c1ccccc1. The summed E-state index contributed by atoms with van der Waals surface area (Å²) in [6.07, 6.45) is 0. The molecule has 0 aromatic heterocycles. The number of nitrogens with one attached hydrogen (secondary N) is 2. The quantitative estimate of drug-likeness (QED) is 0.761. The van der Waals surface area contributed by atoms with Crippen molar-refractivity contribution in [2.45, 2.75) is 19.9 Å². The molecule has 1 fully saturated rings. The summed E-state index contributed by atoms with van der Waals surface area (Å²) in [4.78, 5) is 14.4. The molecule has 0 radical (unpaired) electrons. The summed E-state index contributed by atoms with van der Waals surface area (Å²) < 4.78 is 5.41. The van der Waals surface area contributed by atoms with Crippen LogP contribution in [-0.4, -0.2) is 56.7 Å². The molecule has 1 heterocycles. The first-order valence-electron chi connectivity index (χ1n) is 8.50. The molecule has 0 aliphatic carbocycles. The van der Waals surface area contributed by atoms with E-state index >= 15 is 0 Å². The van der Waals surface area contributed by atoms with Gasteiger partial charge in [0.05, 0.1) is 19.8 Å². The Morgan fingerprint density at radius 3 is 2.57 bits per heavy atom. The molecule has 5 heteroatoms. The summed E-state index contributed by atoms with van der Waals surface area (Å²) in [7, 11) is 0. The molecule has 0 spiro atoms. The Kier molecular flexibility index (Phi) is 7.52. The molecular formula is C18H29N3O2. The highest BCUT2D eigenvalue weighted by Gasteiger charge is 2.18. The van der Waals surface area contributed by atoms with Gasteiger partial charge in [0.15, 0.2) is 0 Å². The maximum absolute atomic E-state index is 12.0. The predicted octanol–water partition coefficient (Wildman–Crippen LogP) is 1.42. The monoisotopic (exact) mass is 319 g/mol. The van der Waals surface area contributed by atoms with Crippen LogP contribution in [0.5, 0.6) is 0 Å². The van der Waals surface area contributed by atoms with Crippen LogP contribution in [0, 0.1) is 5.92 Å². The van der Waals surface area contributed by atoms with E-state index in [-0.39, 0.29) is 11.9 Å². The maximum atomic E-state index is 12.0. The third kappa shape index (κ3) is 6.69. The number of hydrogen-bond donors (Lipinski definition) is 2. The minimum atomic E-state index is 0.0570. The van der Waals surface area contributed by atoms with Crippen LogP contribution in [0.4, 0.5) is 0 Å². The third-order valence-corrected chi connectivity index (χ3v) is 3.96. The van der Waals surface area contributed by atoms with Gasteiger partial charge in [-0.05, 0) is 11.5 Å². The predicted molar refractivity (Wildman–Crippen MR) is 92.3 cm³/mol. The van der Waals surface area contributed by atoms with E-state index in [1.165, 1.54) is 5.56 Å². The van der Waals surface area contributed by atoms with E-state index in [0.717, 1.165) is 39.4 Å². The summed E-state index contributed by atoms with van der Waals surface area (Å²) in [5.74, 6) is 0.527. The lowest BCUT2D eigenvalue weighted by Gasteiger charge is -2.31. The molecule has 1 aromatic rings. The second-order valence-corrected chi connectivity index (χ2v) is 6.46. The van der Waals surface area contributed by atoms with Gasteiger partial charge in [0, 0.05) is 32.2 Å². The fourth-order valence-corrected chi connectivity index (χ4v) is 2.61. The maximum Gasteiger partial charge on any atom is 0.233 e. The van der Waals surface area contributed by atoms with E-state index in [1.807, 2.05) is 18.2 Å². The number of amides is 1. The minimum absolute atomic E-state index is 0.0570. The smallest absolute Gasteiger partial charge is 0.233 e. The number of morpholine rings is 1. The van der Waals surface area contributed by atoms with Crippen LogP contribution in [0.2, 0.25) is 0 Å². The highest BCUT2D eigenvalue weighted by atomic mass is 16.5. The summed E-state index contributed by atoms with van der Waals surface area (Å²) in [6.45, 7) is 9.63. The molecule has 1 aromatic carbocycles. The van der Waals surface area contributed by atoms with E-state index in [0.29, 0.717) is 12.5 Å². The van der Waals surface area contributed by atoms with E-state index in [1.54, 1.807) is 0 Å². The van der Waals surface area contributed by atoms with Crippen molar-refractivity contribution in [1.82, 2.24) is 15.5 Å². The highest BCUT2D eigenvalue weighted by molar-refractivity contribution is 5.78. The number of carbonyl (C=O) groups excluding carboxylic acids is 1. The Morgan fingerprint density at radius 2 is 1.91 bits per heavy atom. The van der Waals surface area contributed by atoms with E-state index < -0.39 is 0 Å². The van der Waals surface area contributed by atoms with Crippen molar-refractivity contribution in [2.75, 3.05) is 45.9 Å². The van der Waals surface area contributed by atoms with Crippen molar-refractivity contribution in [1.29, 1.82) is 0 Å². The Morgan fingerprint density at radius 1 is 1.22 bits per heavy atom. The van der Waals surface area contributed by atoms with Gasteiger partial charge < -0.3 is 15.4 Å². The van der Waals surface area contributed by atoms with Gasteiger partial charge in [0.2, 0.25) is 5.91 Å². The van der Waals surface area contributed by atoms with Crippen LogP contribution >= 0.6 is 0 Å². The molecule has 0 unspecified atom stereocenters. The van der Waals surface area contributed by atoms with Crippen molar-refractivity contribution >= 4 is 5.91 Å². The van der Waals surface area contributed by atoms with Gasteiger partial charge in [0.25, 0.3) is 0 Å². The van der Waals surface area contributed by atoms with Crippen LogP contribution in [-0.2, 0) is 9.53 Å². The normalized spacial score (nSPS) is 17.2. The molecular weight excluding hydrogens is 290 g/mol. The molecule has 1 amide bonds. The van der Waals surface area contributed by atoms with Gasteiger partial charge >= 0.3 is 0 Å². The van der Waals surface area contributed by atoms with Gasteiger partial charge in [-0.2, -0.15) is 0 Å². The average Bonchev–Trinajstić information content (AvgIpc) is 2.58. The largest absolute Gasteiger partial charge is 0.379 e. The van der Waals surface area contributed by atoms with E-state index in [2.05, 4.69) is 41.5 Å². The third-order valence-electron chi connectivity index (χ3n) is 3.96. The van der Waals surface area contributed by atoms with Crippen molar-refractivity contribution in [2.24, 2.45) is 5.92 Å². The van der Waals surface area contributed by atoms with Crippen LogP contribution in [0.3, 0.4) is 0 Å². The Labute approximate surface area is 139 Å². The Hall–Kier alpha value is -1.43. The lowest BCUT2D eigenvalue weighted by atomic mass is 10.1. The Balaban J connectivity index is 1.89. The fraction of sp³-hybridized carbons (Fsp3) is 0.611. The lowest BCUT2D eigenvalue weighted by molar-refractivity contribution is -0.120. The first-order chi connectivity index (χ1) is 11.1. The standard InChI is InChI=1S/C18H29N3O2/c1-15(2)12-20-18(22)13-19-17(16-6-4-3-5-7-16)14-21-8-10-23-11-9-21/h3-7,15,17,19H,8-14H2,1-2H3,(H,20,22)/t17-/m0/s1. The van der Waals surface area contributed by atoms with Crippen molar-refractivity contribution in [3.63, 3.8) is 0 Å². The molecule has 5 nitrogen and oxygen atoms in total. The van der Waals surface area contributed by atoms with Crippen LogP contribution < -0.4 is 10.6 Å². The molecule has 2 N–H and O–H groups in total. The van der Waals surface area contributed by atoms with Gasteiger partial charge in [-0.1, -0.05) is 44.2 Å². The molecule has 1 aliphatic heterocycles. The molecule has 0 saturated carbocycles. The average molecular weight is 319 g/mol. The number of ether oxygens (including phenoxy) is 1. The number of benzene rings is 1. The zero-order chi connectivity index (χ0) is 16.5. The summed E-state index contributed by atoms with van der Waals surface area (Å²) >= 11 is 0. The fourth-order valence-electron chi connectivity index (χ4n) is 2.61. The van der Waals surface area contributed by atoms with E-state index in [4.69, 9.17) is 4.74 Å². The second-order valence-electron chi connectivity index (χ2n) is 6.46. The van der Waals surface area contributed by atoms with Crippen LogP contribution in [0.1, 0.15) is 25.5 Å². The zero-order valence-corrected chi connectivity index (χ0v) is 14.3. The van der Waals surface area contributed by atoms with E-state index in [9.17, 15) is 4.79 Å². The number of nitrogens with zero attached hydrogens (tertiary/aromatic N) is 1. The van der Waals surface area contributed by atoms with Crippen LogP contribution in [0.15, 0.2) is 30.3 Å². The molecule has 2 rings (SSSR count). The van der Waals surface area contributed by atoms with Crippen molar-refractivity contribution in [3.05, 3.63) is 35.9 Å². The summed E-state index contributed by atoms with van der Waals surface area (Å²) in [5, 5.41) is 6.37. The molecule has 1 saturated heterocycles.